The van der Waals surface area contributed by atoms with E-state index in [2.05, 4.69) is 4.98 Å². The van der Waals surface area contributed by atoms with Crippen molar-refractivity contribution in [3.05, 3.63) is 89.5 Å². The van der Waals surface area contributed by atoms with Crippen LogP contribution in [-0.4, -0.2) is 21.5 Å². The minimum Gasteiger partial charge on any atom is -0.456 e. The van der Waals surface area contributed by atoms with E-state index >= 15 is 0 Å². The van der Waals surface area contributed by atoms with Crippen molar-refractivity contribution < 1.29 is 19.1 Å². The maximum Gasteiger partial charge on any atom is 0.374 e. The summed E-state index contributed by atoms with van der Waals surface area (Å²) >= 11 is 0. The zero-order valence-electron chi connectivity index (χ0n) is 15.9. The molecule has 6 heteroatoms. The highest BCUT2D eigenvalue weighted by atomic mass is 16.5. The maximum atomic E-state index is 12.5. The van der Waals surface area contributed by atoms with Crippen LogP contribution < -0.4 is 0 Å². The fraction of sp³-hybridized carbons (Fsp3) is 0.227. The second-order valence-electron chi connectivity index (χ2n) is 6.57. The van der Waals surface area contributed by atoms with Gasteiger partial charge in [0.25, 0.3) is 0 Å². The zero-order valence-corrected chi connectivity index (χ0v) is 15.9. The van der Waals surface area contributed by atoms with Crippen molar-refractivity contribution in [1.82, 2.24) is 9.55 Å². The molecule has 2 aromatic carbocycles. The number of hydrogen-bond acceptors (Lipinski definition) is 5. The third kappa shape index (κ3) is 4.85. The molecule has 3 aromatic rings. The maximum absolute atomic E-state index is 12.5. The lowest BCUT2D eigenvalue weighted by atomic mass is 10.2. The molecule has 0 aliphatic carbocycles. The molecule has 0 atom stereocenters. The largest absolute Gasteiger partial charge is 0.456 e. The van der Waals surface area contributed by atoms with E-state index < -0.39 is 11.9 Å². The lowest BCUT2D eigenvalue weighted by Gasteiger charge is -2.10. The van der Waals surface area contributed by atoms with E-state index in [4.69, 9.17) is 9.47 Å². The lowest BCUT2D eigenvalue weighted by molar-refractivity contribution is 0.0450. The van der Waals surface area contributed by atoms with Crippen molar-refractivity contribution in [2.24, 2.45) is 0 Å². The van der Waals surface area contributed by atoms with Crippen molar-refractivity contribution >= 4 is 11.9 Å². The summed E-state index contributed by atoms with van der Waals surface area (Å²) in [5.74, 6) is -1.09. The summed E-state index contributed by atoms with van der Waals surface area (Å²) in [6.07, 6.45) is 1.52. The van der Waals surface area contributed by atoms with E-state index in [0.717, 1.165) is 11.1 Å². The lowest BCUT2D eigenvalue weighted by Crippen LogP contribution is -2.14. The van der Waals surface area contributed by atoms with Crippen LogP contribution in [-0.2, 0) is 22.7 Å². The van der Waals surface area contributed by atoms with E-state index in [1.807, 2.05) is 74.5 Å². The Labute approximate surface area is 163 Å². The van der Waals surface area contributed by atoms with Gasteiger partial charge in [0.1, 0.15) is 13.2 Å². The molecule has 0 amide bonds. The number of carbonyl (C=O) groups is 2. The molecular weight excluding hydrogens is 356 g/mol. The van der Waals surface area contributed by atoms with Gasteiger partial charge in [0.2, 0.25) is 5.82 Å². The molecule has 0 aliphatic heterocycles. The van der Waals surface area contributed by atoms with Gasteiger partial charge in [-0.3, -0.25) is 0 Å². The van der Waals surface area contributed by atoms with Crippen molar-refractivity contribution in [3.63, 3.8) is 0 Å². The molecule has 0 N–H and O–H groups in total. The van der Waals surface area contributed by atoms with Crippen LogP contribution in [0.2, 0.25) is 0 Å². The Morgan fingerprint density at radius 2 is 1.36 bits per heavy atom. The third-order valence-electron chi connectivity index (χ3n) is 4.11. The monoisotopic (exact) mass is 378 g/mol. The van der Waals surface area contributed by atoms with Crippen LogP contribution in [0.3, 0.4) is 0 Å². The van der Waals surface area contributed by atoms with Crippen LogP contribution in [0.1, 0.15) is 52.1 Å². The normalized spacial score (nSPS) is 10.7. The van der Waals surface area contributed by atoms with Gasteiger partial charge in [-0.15, -0.1) is 0 Å². The number of hydrogen-bond donors (Lipinski definition) is 0. The van der Waals surface area contributed by atoms with Gasteiger partial charge in [0.15, 0.2) is 5.69 Å². The molecule has 0 fully saturated rings. The number of ether oxygens (including phenoxy) is 2. The predicted octanol–water partition coefficient (Wildman–Crippen LogP) is 4.18. The SMILES string of the molecule is CC(C)n1cc(C(=O)OCc2ccccc2)nc1C(=O)OCc1ccccc1. The average Bonchev–Trinajstić information content (AvgIpc) is 3.18. The molecule has 3 rings (SSSR count). The molecule has 1 heterocycles. The molecule has 1 aromatic heterocycles. The number of benzene rings is 2. The summed E-state index contributed by atoms with van der Waals surface area (Å²) in [4.78, 5) is 29.0. The minimum atomic E-state index is -0.584. The van der Waals surface area contributed by atoms with Gasteiger partial charge in [0.05, 0.1) is 0 Å². The number of aromatic nitrogens is 2. The van der Waals surface area contributed by atoms with Crippen LogP contribution >= 0.6 is 0 Å². The Balaban J connectivity index is 1.70. The molecule has 0 radical (unpaired) electrons. The van der Waals surface area contributed by atoms with Gasteiger partial charge in [-0.05, 0) is 25.0 Å². The second-order valence-corrected chi connectivity index (χ2v) is 6.57. The highest BCUT2D eigenvalue weighted by Gasteiger charge is 2.23. The Morgan fingerprint density at radius 1 is 0.857 bits per heavy atom. The van der Waals surface area contributed by atoms with Gasteiger partial charge < -0.3 is 14.0 Å². The predicted molar refractivity (Wildman–Crippen MR) is 104 cm³/mol. The number of carbonyl (C=O) groups excluding carboxylic acids is 2. The number of nitrogens with zero attached hydrogens (tertiary/aromatic N) is 2. The summed E-state index contributed by atoms with van der Waals surface area (Å²) in [5.41, 5.74) is 1.83. The first-order valence-electron chi connectivity index (χ1n) is 9.05. The molecule has 0 aliphatic rings. The molecule has 0 bridgehead atoms. The molecule has 0 spiro atoms. The first kappa shape index (κ1) is 19.4. The van der Waals surface area contributed by atoms with Gasteiger partial charge >= 0.3 is 11.9 Å². The summed E-state index contributed by atoms with van der Waals surface area (Å²) in [6, 6.07) is 18.7. The van der Waals surface area contributed by atoms with Crippen LogP contribution in [0.25, 0.3) is 0 Å². The third-order valence-corrected chi connectivity index (χ3v) is 4.11. The first-order valence-corrected chi connectivity index (χ1v) is 9.05. The number of imidazole rings is 1. The first-order chi connectivity index (χ1) is 13.5. The Bertz CT molecular complexity index is 934. The molecule has 144 valence electrons. The summed E-state index contributed by atoms with van der Waals surface area (Å²) < 4.78 is 12.3. The average molecular weight is 378 g/mol. The van der Waals surface area contributed by atoms with E-state index in [1.54, 1.807) is 4.57 Å². The summed E-state index contributed by atoms with van der Waals surface area (Å²) in [7, 11) is 0. The summed E-state index contributed by atoms with van der Waals surface area (Å²) in [5, 5.41) is 0. The number of esters is 2. The van der Waals surface area contributed by atoms with Crippen molar-refractivity contribution in [3.8, 4) is 0 Å². The summed E-state index contributed by atoms with van der Waals surface area (Å²) in [6.45, 7) is 4.07. The van der Waals surface area contributed by atoms with Crippen molar-refractivity contribution in [2.45, 2.75) is 33.1 Å². The standard InChI is InChI=1S/C22H22N2O4/c1-16(2)24-13-19(21(25)27-14-17-9-5-3-6-10-17)23-20(24)22(26)28-15-18-11-7-4-8-12-18/h3-13,16H,14-15H2,1-2H3. The van der Waals surface area contributed by atoms with Crippen LogP contribution in [0.5, 0.6) is 0 Å². The molecule has 0 unspecified atom stereocenters. The van der Waals surface area contributed by atoms with Crippen LogP contribution in [0.4, 0.5) is 0 Å². The van der Waals surface area contributed by atoms with E-state index in [9.17, 15) is 9.59 Å². The van der Waals surface area contributed by atoms with Gasteiger partial charge in [0, 0.05) is 12.2 Å². The highest BCUT2D eigenvalue weighted by molar-refractivity contribution is 5.91. The molecule has 0 saturated heterocycles. The molecule has 0 saturated carbocycles. The topological polar surface area (TPSA) is 70.4 Å². The molecule has 28 heavy (non-hydrogen) atoms. The van der Waals surface area contributed by atoms with E-state index in [1.165, 1.54) is 6.20 Å². The van der Waals surface area contributed by atoms with Gasteiger partial charge in [-0.25, -0.2) is 14.6 Å². The Kier molecular flexibility index (Phi) is 6.22. The highest BCUT2D eigenvalue weighted by Crippen LogP contribution is 2.15. The fourth-order valence-electron chi connectivity index (χ4n) is 2.62. The van der Waals surface area contributed by atoms with Crippen molar-refractivity contribution in [1.29, 1.82) is 0 Å². The smallest absolute Gasteiger partial charge is 0.374 e. The Hall–Kier alpha value is -3.41. The number of rotatable bonds is 7. The quantitative estimate of drug-likeness (QED) is 0.577. The van der Waals surface area contributed by atoms with Gasteiger partial charge in [-0.2, -0.15) is 0 Å². The van der Waals surface area contributed by atoms with Crippen molar-refractivity contribution in [2.75, 3.05) is 0 Å². The molecular formula is C22H22N2O4. The van der Waals surface area contributed by atoms with E-state index in [-0.39, 0.29) is 30.8 Å². The Morgan fingerprint density at radius 3 is 1.86 bits per heavy atom. The van der Waals surface area contributed by atoms with Crippen LogP contribution in [0, 0.1) is 0 Å². The zero-order chi connectivity index (χ0) is 19.9. The minimum absolute atomic E-state index is 0.0672. The van der Waals surface area contributed by atoms with Gasteiger partial charge in [-0.1, -0.05) is 60.7 Å². The molecule has 6 nitrogen and oxygen atoms in total. The van der Waals surface area contributed by atoms with Crippen LogP contribution in [0.15, 0.2) is 66.9 Å². The fourth-order valence-corrected chi connectivity index (χ4v) is 2.62. The van der Waals surface area contributed by atoms with E-state index in [0.29, 0.717) is 0 Å². The second kappa shape index (κ2) is 8.99.